The number of carbonyl (C=O) groups excluding carboxylic acids is 1. The van der Waals surface area contributed by atoms with Gasteiger partial charge in [-0.25, -0.2) is 0 Å². The summed E-state index contributed by atoms with van der Waals surface area (Å²) in [5, 5.41) is 15.2. The van der Waals surface area contributed by atoms with Crippen molar-refractivity contribution in [2.75, 3.05) is 23.4 Å². The van der Waals surface area contributed by atoms with Gasteiger partial charge < -0.3 is 15.7 Å². The lowest BCUT2D eigenvalue weighted by atomic mass is 9.85. The van der Waals surface area contributed by atoms with Crippen LogP contribution in [0.2, 0.25) is 0 Å². The molecule has 0 bridgehead atoms. The van der Waals surface area contributed by atoms with E-state index >= 15 is 0 Å². The third kappa shape index (κ3) is 3.77. The number of carboxylic acids is 1. The van der Waals surface area contributed by atoms with Crippen molar-refractivity contribution in [1.82, 2.24) is 5.32 Å². The molecule has 6 heteroatoms. The van der Waals surface area contributed by atoms with E-state index in [1.807, 2.05) is 0 Å². The van der Waals surface area contributed by atoms with E-state index in [9.17, 15) is 14.7 Å². The number of carbonyl (C=O) groups is 2. The Labute approximate surface area is 128 Å². The lowest BCUT2D eigenvalue weighted by molar-refractivity contribution is -0.142. The Hall–Kier alpha value is -1.53. The summed E-state index contributed by atoms with van der Waals surface area (Å²) >= 11 is 1.76. The first-order valence-electron chi connectivity index (χ1n) is 6.87. The third-order valence-electron chi connectivity index (χ3n) is 3.65. The summed E-state index contributed by atoms with van der Waals surface area (Å²) in [5.41, 5.74) is 0.450. The van der Waals surface area contributed by atoms with Gasteiger partial charge in [0.25, 0.3) is 0 Å². The molecule has 1 heterocycles. The fraction of sp³-hybridized carbons (Fsp3) is 0.467. The highest BCUT2D eigenvalue weighted by Gasteiger charge is 2.29. The Kier molecular flexibility index (Phi) is 4.90. The van der Waals surface area contributed by atoms with Gasteiger partial charge in [-0.05, 0) is 31.5 Å². The van der Waals surface area contributed by atoms with E-state index in [1.165, 1.54) is 0 Å². The van der Waals surface area contributed by atoms with Crippen molar-refractivity contribution in [2.24, 2.45) is 0 Å². The number of aliphatic carboxylic acids is 1. The molecule has 3 N–H and O–H groups in total. The van der Waals surface area contributed by atoms with Gasteiger partial charge in [0.1, 0.15) is 0 Å². The van der Waals surface area contributed by atoms with Crippen molar-refractivity contribution < 1.29 is 14.7 Å². The van der Waals surface area contributed by atoms with Gasteiger partial charge in [-0.15, -0.1) is 0 Å². The zero-order chi connectivity index (χ0) is 15.5. The molecule has 1 aliphatic heterocycles. The highest BCUT2D eigenvalue weighted by Crippen LogP contribution is 2.25. The number of hydrogen-bond acceptors (Lipinski definition) is 4. The summed E-state index contributed by atoms with van der Waals surface area (Å²) in [6.45, 7) is 4.16. The monoisotopic (exact) mass is 308 g/mol. The summed E-state index contributed by atoms with van der Waals surface area (Å²) in [7, 11) is 0. The molecule has 1 aromatic carbocycles. The third-order valence-corrected chi connectivity index (χ3v) is 4.71. The Morgan fingerprint density at radius 3 is 2.52 bits per heavy atom. The topological polar surface area (TPSA) is 78.4 Å². The van der Waals surface area contributed by atoms with Crippen LogP contribution in [0.1, 0.15) is 19.4 Å². The van der Waals surface area contributed by atoms with Gasteiger partial charge in [0.05, 0.1) is 11.5 Å². The molecule has 1 amide bonds. The lowest BCUT2D eigenvalue weighted by Crippen LogP contribution is -2.46. The summed E-state index contributed by atoms with van der Waals surface area (Å²) < 4.78 is 0. The molecule has 1 fully saturated rings. The maximum atomic E-state index is 12.1. The number of rotatable bonds is 4. The van der Waals surface area contributed by atoms with Gasteiger partial charge in [0.2, 0.25) is 5.91 Å². The summed E-state index contributed by atoms with van der Waals surface area (Å²) in [6, 6.07) is 6.81. The Balaban J connectivity index is 2.02. The standard InChI is InChI=1S/C15H20N2O3S/c1-15(2,14(19)20)10-3-5-11(6-4-10)17-13(18)12-9-21-8-7-16-12/h3-6,12,16H,7-9H2,1-2H3,(H,17,18)(H,19,20). The van der Waals surface area contributed by atoms with Gasteiger partial charge >= 0.3 is 5.97 Å². The molecule has 0 spiro atoms. The van der Waals surface area contributed by atoms with Crippen molar-refractivity contribution >= 4 is 29.3 Å². The number of nitrogens with one attached hydrogen (secondary N) is 2. The number of carboxylic acid groups (broad SMARTS) is 1. The van der Waals surface area contributed by atoms with E-state index in [0.717, 1.165) is 18.1 Å². The first-order valence-corrected chi connectivity index (χ1v) is 8.02. The summed E-state index contributed by atoms with van der Waals surface area (Å²) in [4.78, 5) is 23.3. The van der Waals surface area contributed by atoms with E-state index in [0.29, 0.717) is 11.3 Å². The average Bonchev–Trinajstić information content (AvgIpc) is 2.48. The minimum absolute atomic E-state index is 0.0487. The molecule has 2 rings (SSSR count). The van der Waals surface area contributed by atoms with E-state index < -0.39 is 11.4 Å². The van der Waals surface area contributed by atoms with Gasteiger partial charge in [0.15, 0.2) is 0 Å². The van der Waals surface area contributed by atoms with Gasteiger partial charge in [-0.2, -0.15) is 11.8 Å². The largest absolute Gasteiger partial charge is 0.481 e. The molecule has 1 unspecified atom stereocenters. The van der Waals surface area contributed by atoms with E-state index in [-0.39, 0.29) is 11.9 Å². The van der Waals surface area contributed by atoms with Crippen LogP contribution in [0.25, 0.3) is 0 Å². The highest BCUT2D eigenvalue weighted by molar-refractivity contribution is 7.99. The molecule has 1 atom stereocenters. The van der Waals surface area contributed by atoms with Crippen molar-refractivity contribution in [3.8, 4) is 0 Å². The molecule has 1 aromatic rings. The highest BCUT2D eigenvalue weighted by atomic mass is 32.2. The van der Waals surface area contributed by atoms with Crippen LogP contribution in [0.15, 0.2) is 24.3 Å². The molecule has 0 radical (unpaired) electrons. The van der Waals surface area contributed by atoms with Crippen molar-refractivity contribution in [2.45, 2.75) is 25.3 Å². The normalized spacial score (nSPS) is 19.0. The van der Waals surface area contributed by atoms with E-state index in [2.05, 4.69) is 10.6 Å². The van der Waals surface area contributed by atoms with Crippen LogP contribution in [0, 0.1) is 0 Å². The average molecular weight is 308 g/mol. The smallest absolute Gasteiger partial charge is 0.313 e. The molecule has 0 saturated carbocycles. The fourth-order valence-corrected chi connectivity index (χ4v) is 2.99. The maximum Gasteiger partial charge on any atom is 0.313 e. The minimum atomic E-state index is -0.940. The van der Waals surface area contributed by atoms with Crippen LogP contribution >= 0.6 is 11.8 Å². The first-order chi connectivity index (χ1) is 9.91. The molecular weight excluding hydrogens is 288 g/mol. The molecule has 21 heavy (non-hydrogen) atoms. The zero-order valence-corrected chi connectivity index (χ0v) is 13.0. The number of amides is 1. The second-order valence-electron chi connectivity index (χ2n) is 5.58. The zero-order valence-electron chi connectivity index (χ0n) is 12.2. The van der Waals surface area contributed by atoms with Crippen LogP contribution in [0.4, 0.5) is 5.69 Å². The summed E-state index contributed by atoms with van der Waals surface area (Å²) in [6.07, 6.45) is 0. The van der Waals surface area contributed by atoms with Crippen molar-refractivity contribution in [3.63, 3.8) is 0 Å². The Morgan fingerprint density at radius 1 is 1.33 bits per heavy atom. The van der Waals surface area contributed by atoms with Crippen LogP contribution < -0.4 is 10.6 Å². The Bertz CT molecular complexity index is 522. The quantitative estimate of drug-likeness (QED) is 0.789. The molecule has 1 aliphatic rings. The second-order valence-corrected chi connectivity index (χ2v) is 6.73. The van der Waals surface area contributed by atoms with E-state index in [1.54, 1.807) is 49.9 Å². The number of hydrogen-bond donors (Lipinski definition) is 3. The Morgan fingerprint density at radius 2 is 2.00 bits per heavy atom. The van der Waals surface area contributed by atoms with Crippen LogP contribution in [0.5, 0.6) is 0 Å². The molecule has 0 aromatic heterocycles. The number of benzene rings is 1. The fourth-order valence-electron chi connectivity index (χ4n) is 2.06. The molecule has 0 aliphatic carbocycles. The molecule has 114 valence electrons. The minimum Gasteiger partial charge on any atom is -0.481 e. The number of thioether (sulfide) groups is 1. The SMILES string of the molecule is CC(C)(C(=O)O)c1ccc(NC(=O)C2CSCCN2)cc1. The predicted molar refractivity (Wildman–Crippen MR) is 84.8 cm³/mol. The van der Waals surface area contributed by atoms with Crippen LogP contribution in [0.3, 0.4) is 0 Å². The van der Waals surface area contributed by atoms with Gasteiger partial charge in [-0.3, -0.25) is 9.59 Å². The van der Waals surface area contributed by atoms with Crippen LogP contribution in [-0.2, 0) is 15.0 Å². The number of anilines is 1. The predicted octanol–water partition coefficient (Wildman–Crippen LogP) is 1.69. The van der Waals surface area contributed by atoms with E-state index in [4.69, 9.17) is 0 Å². The second kappa shape index (κ2) is 6.49. The first kappa shape index (κ1) is 15.9. The lowest BCUT2D eigenvalue weighted by Gasteiger charge is -2.23. The summed E-state index contributed by atoms with van der Waals surface area (Å²) in [5.74, 6) is 0.883. The molecule has 1 saturated heterocycles. The van der Waals surface area contributed by atoms with Crippen molar-refractivity contribution in [1.29, 1.82) is 0 Å². The maximum absolute atomic E-state index is 12.1. The van der Waals surface area contributed by atoms with Crippen molar-refractivity contribution in [3.05, 3.63) is 29.8 Å². The van der Waals surface area contributed by atoms with Gasteiger partial charge in [0, 0.05) is 23.7 Å². The molecule has 5 nitrogen and oxygen atoms in total. The van der Waals surface area contributed by atoms with Crippen LogP contribution in [-0.4, -0.2) is 41.1 Å². The van der Waals surface area contributed by atoms with Gasteiger partial charge in [-0.1, -0.05) is 12.1 Å². The molecular formula is C15H20N2O3S.